The number of aryl methyl sites for hydroxylation is 1. The molecule has 0 spiro atoms. The molecule has 0 saturated carbocycles. The average Bonchev–Trinajstić information content (AvgIpc) is 2.51. The van der Waals surface area contributed by atoms with Gasteiger partial charge in [0.25, 0.3) is 0 Å². The molecule has 0 amide bonds. The minimum atomic E-state index is 0.250. The van der Waals surface area contributed by atoms with E-state index in [1.54, 1.807) is 6.33 Å². The third kappa shape index (κ3) is 2.79. The van der Waals surface area contributed by atoms with Crippen LogP contribution in [-0.4, -0.2) is 20.1 Å². The van der Waals surface area contributed by atoms with Crippen LogP contribution in [-0.2, 0) is 13.0 Å². The molecule has 1 aromatic rings. The third-order valence-electron chi connectivity index (χ3n) is 1.99. The van der Waals surface area contributed by atoms with Gasteiger partial charge in [0.2, 0.25) is 0 Å². The van der Waals surface area contributed by atoms with E-state index in [2.05, 4.69) is 46.8 Å². The maximum Gasteiger partial charge on any atom is 0.138 e. The smallest absolute Gasteiger partial charge is 0.138 e. The molecule has 3 nitrogen and oxygen atoms in total. The highest BCUT2D eigenvalue weighted by Crippen LogP contribution is 2.22. The second-order valence-electron chi connectivity index (χ2n) is 3.97. The highest BCUT2D eigenvalue weighted by Gasteiger charge is 2.19. The van der Waals surface area contributed by atoms with Crippen LogP contribution in [0.3, 0.4) is 0 Å². The van der Waals surface area contributed by atoms with Crippen LogP contribution >= 0.6 is 15.9 Å². The van der Waals surface area contributed by atoms with Crippen LogP contribution in [0.15, 0.2) is 6.33 Å². The predicted octanol–water partition coefficient (Wildman–Crippen LogP) is 2.26. The molecule has 74 valence electrons. The van der Waals surface area contributed by atoms with Crippen LogP contribution in [0.2, 0.25) is 0 Å². The molecule has 0 aromatic carbocycles. The predicted molar refractivity (Wildman–Crippen MR) is 57.0 cm³/mol. The fourth-order valence-corrected chi connectivity index (χ4v) is 1.36. The summed E-state index contributed by atoms with van der Waals surface area (Å²) in [7, 11) is 0. The monoisotopic (exact) mass is 245 g/mol. The van der Waals surface area contributed by atoms with Gasteiger partial charge in [0.05, 0.1) is 0 Å². The van der Waals surface area contributed by atoms with E-state index in [4.69, 9.17) is 0 Å². The first kappa shape index (κ1) is 10.7. The molecule has 1 rings (SSSR count). The van der Waals surface area contributed by atoms with Gasteiger partial charge < -0.3 is 0 Å². The van der Waals surface area contributed by atoms with Gasteiger partial charge in [0.1, 0.15) is 12.2 Å². The minimum absolute atomic E-state index is 0.250. The Morgan fingerprint density at radius 3 is 2.77 bits per heavy atom. The fourth-order valence-electron chi connectivity index (χ4n) is 1.16. The van der Waals surface area contributed by atoms with Crippen LogP contribution in [0.4, 0.5) is 0 Å². The van der Waals surface area contributed by atoms with Crippen molar-refractivity contribution >= 4 is 15.9 Å². The van der Waals surface area contributed by atoms with Gasteiger partial charge in [-0.2, -0.15) is 5.10 Å². The molecule has 0 saturated heterocycles. The largest absolute Gasteiger partial charge is 0.250 e. The number of aromatic nitrogens is 3. The molecule has 0 aliphatic heterocycles. The summed E-state index contributed by atoms with van der Waals surface area (Å²) in [6.45, 7) is 7.42. The van der Waals surface area contributed by atoms with Crippen LogP contribution in [0, 0.1) is 5.41 Å². The van der Waals surface area contributed by atoms with Crippen molar-refractivity contribution in [3.05, 3.63) is 12.2 Å². The summed E-state index contributed by atoms with van der Waals surface area (Å²) >= 11 is 3.51. The van der Waals surface area contributed by atoms with Crippen LogP contribution in [0.1, 0.15) is 26.6 Å². The zero-order valence-electron chi connectivity index (χ0n) is 8.42. The topological polar surface area (TPSA) is 30.7 Å². The molecule has 1 aromatic heterocycles. The zero-order chi connectivity index (χ0) is 9.90. The van der Waals surface area contributed by atoms with Crippen molar-refractivity contribution in [1.29, 1.82) is 0 Å². The lowest BCUT2D eigenvalue weighted by Gasteiger charge is -2.20. The molecule has 0 fully saturated rings. The Bertz CT molecular complexity index is 268. The first-order chi connectivity index (χ1) is 6.09. The van der Waals surface area contributed by atoms with Gasteiger partial charge in [0.15, 0.2) is 0 Å². The highest BCUT2D eigenvalue weighted by molar-refractivity contribution is 9.09. The molecule has 0 bridgehead atoms. The fraction of sp³-hybridized carbons (Fsp3) is 0.778. The molecule has 0 aliphatic rings. The van der Waals surface area contributed by atoms with Crippen molar-refractivity contribution in [2.75, 3.05) is 5.33 Å². The standard InChI is InChI=1S/C9H16BrN3/c1-4-13-8(11-7-12-13)5-9(2,3)6-10/h7H,4-6H2,1-3H3. The number of halogens is 1. The summed E-state index contributed by atoms with van der Waals surface area (Å²) in [5.41, 5.74) is 0.250. The Morgan fingerprint density at radius 2 is 2.23 bits per heavy atom. The summed E-state index contributed by atoms with van der Waals surface area (Å²) in [5.74, 6) is 1.08. The van der Waals surface area contributed by atoms with E-state index in [0.717, 1.165) is 24.1 Å². The third-order valence-corrected chi connectivity index (χ3v) is 3.51. The Balaban J connectivity index is 2.73. The first-order valence-electron chi connectivity index (χ1n) is 4.51. The molecular weight excluding hydrogens is 230 g/mol. The van der Waals surface area contributed by atoms with Gasteiger partial charge in [-0.1, -0.05) is 29.8 Å². The molecule has 1 heterocycles. The summed E-state index contributed by atoms with van der Waals surface area (Å²) in [4.78, 5) is 4.25. The van der Waals surface area contributed by atoms with Gasteiger partial charge >= 0.3 is 0 Å². The first-order valence-corrected chi connectivity index (χ1v) is 5.64. The van der Waals surface area contributed by atoms with Crippen molar-refractivity contribution < 1.29 is 0 Å². The highest BCUT2D eigenvalue weighted by atomic mass is 79.9. The van der Waals surface area contributed by atoms with E-state index in [-0.39, 0.29) is 5.41 Å². The van der Waals surface area contributed by atoms with Gasteiger partial charge in [-0.05, 0) is 12.3 Å². The SMILES string of the molecule is CCn1ncnc1CC(C)(C)CBr. The number of rotatable bonds is 4. The van der Waals surface area contributed by atoms with Crippen LogP contribution in [0.25, 0.3) is 0 Å². The number of nitrogens with zero attached hydrogens (tertiary/aromatic N) is 3. The Hall–Kier alpha value is -0.380. The normalized spacial score (nSPS) is 12.0. The van der Waals surface area contributed by atoms with Crippen molar-refractivity contribution in [3.63, 3.8) is 0 Å². The average molecular weight is 246 g/mol. The lowest BCUT2D eigenvalue weighted by Crippen LogP contribution is -2.19. The summed E-state index contributed by atoms with van der Waals surface area (Å²) in [6, 6.07) is 0. The second kappa shape index (κ2) is 4.22. The zero-order valence-corrected chi connectivity index (χ0v) is 10.0. The van der Waals surface area contributed by atoms with Gasteiger partial charge in [0, 0.05) is 18.3 Å². The number of alkyl halides is 1. The van der Waals surface area contributed by atoms with E-state index >= 15 is 0 Å². The lowest BCUT2D eigenvalue weighted by atomic mass is 9.92. The van der Waals surface area contributed by atoms with Crippen LogP contribution < -0.4 is 0 Å². The Kier molecular flexibility index (Phi) is 3.47. The van der Waals surface area contributed by atoms with E-state index in [1.807, 2.05) is 4.68 Å². The minimum Gasteiger partial charge on any atom is -0.250 e. The van der Waals surface area contributed by atoms with Crippen LogP contribution in [0.5, 0.6) is 0 Å². The number of hydrogen-bond donors (Lipinski definition) is 0. The summed E-state index contributed by atoms with van der Waals surface area (Å²) < 4.78 is 1.95. The molecule has 0 aliphatic carbocycles. The summed E-state index contributed by atoms with van der Waals surface area (Å²) in [5, 5.41) is 5.13. The maximum atomic E-state index is 4.25. The molecule has 13 heavy (non-hydrogen) atoms. The van der Waals surface area contributed by atoms with E-state index < -0.39 is 0 Å². The quantitative estimate of drug-likeness (QED) is 0.763. The molecule has 0 atom stereocenters. The lowest BCUT2D eigenvalue weighted by molar-refractivity contribution is 0.400. The van der Waals surface area contributed by atoms with E-state index in [9.17, 15) is 0 Å². The molecule has 0 unspecified atom stereocenters. The van der Waals surface area contributed by atoms with E-state index in [0.29, 0.717) is 0 Å². The van der Waals surface area contributed by atoms with E-state index in [1.165, 1.54) is 0 Å². The van der Waals surface area contributed by atoms with Crippen molar-refractivity contribution in [2.45, 2.75) is 33.7 Å². The molecule has 4 heteroatoms. The summed E-state index contributed by atoms with van der Waals surface area (Å²) in [6.07, 6.45) is 2.59. The Morgan fingerprint density at radius 1 is 1.54 bits per heavy atom. The van der Waals surface area contributed by atoms with Gasteiger partial charge in [-0.3, -0.25) is 4.68 Å². The van der Waals surface area contributed by atoms with Crippen molar-refractivity contribution in [1.82, 2.24) is 14.8 Å². The van der Waals surface area contributed by atoms with Crippen molar-refractivity contribution in [2.24, 2.45) is 5.41 Å². The molecule has 0 N–H and O–H groups in total. The Labute approximate surface area is 87.7 Å². The number of hydrogen-bond acceptors (Lipinski definition) is 2. The van der Waals surface area contributed by atoms with Gasteiger partial charge in [-0.25, -0.2) is 4.98 Å². The molecular formula is C9H16BrN3. The molecule has 0 radical (unpaired) electrons. The van der Waals surface area contributed by atoms with Crippen molar-refractivity contribution in [3.8, 4) is 0 Å². The van der Waals surface area contributed by atoms with Gasteiger partial charge in [-0.15, -0.1) is 0 Å². The maximum absolute atomic E-state index is 4.25. The second-order valence-corrected chi connectivity index (χ2v) is 4.53.